The van der Waals surface area contributed by atoms with Gasteiger partial charge in [-0.2, -0.15) is 0 Å². The number of hydrogen-bond donors (Lipinski definition) is 0. The van der Waals surface area contributed by atoms with Crippen LogP contribution in [0.15, 0.2) is 115 Å². The summed E-state index contributed by atoms with van der Waals surface area (Å²) in [5.41, 5.74) is 14.8. The first-order chi connectivity index (χ1) is 19.9. The van der Waals surface area contributed by atoms with Crippen LogP contribution >= 0.6 is 0 Å². The molecule has 9 rings (SSSR count). The Morgan fingerprint density at radius 2 is 1.12 bits per heavy atom. The summed E-state index contributed by atoms with van der Waals surface area (Å²) in [5, 5.41) is 5.28. The molecule has 0 spiro atoms. The second-order valence-corrected chi connectivity index (χ2v) is 13.0. The Bertz CT molecular complexity index is 2260. The minimum absolute atomic E-state index is 0.0351. The first-order valence-corrected chi connectivity index (χ1v) is 14.7. The number of para-hydroxylation sites is 1. The fourth-order valence-corrected chi connectivity index (χ4v) is 8.08. The Morgan fingerprint density at radius 1 is 0.439 bits per heavy atom. The van der Waals surface area contributed by atoms with E-state index in [0.717, 1.165) is 0 Å². The minimum Gasteiger partial charge on any atom is -0.309 e. The Hall–Kier alpha value is -4.62. The fraction of sp³-hybridized carbons (Fsp3) is 0.150. The monoisotopic (exact) mass is 525 g/mol. The van der Waals surface area contributed by atoms with Crippen molar-refractivity contribution in [2.45, 2.75) is 38.5 Å². The zero-order valence-electron chi connectivity index (χ0n) is 23.9. The molecule has 0 saturated heterocycles. The highest BCUT2D eigenvalue weighted by Crippen LogP contribution is 2.54. The predicted molar refractivity (Wildman–Crippen MR) is 173 cm³/mol. The van der Waals surface area contributed by atoms with Crippen molar-refractivity contribution in [3.8, 4) is 27.9 Å². The van der Waals surface area contributed by atoms with E-state index in [9.17, 15) is 0 Å². The maximum atomic E-state index is 2.50. The Balaban J connectivity index is 1.35. The molecule has 1 heteroatoms. The highest BCUT2D eigenvalue weighted by Gasteiger charge is 2.38. The van der Waals surface area contributed by atoms with E-state index in [0.29, 0.717) is 0 Å². The number of nitrogens with zero attached hydrogens (tertiary/aromatic N) is 1. The summed E-state index contributed by atoms with van der Waals surface area (Å²) in [4.78, 5) is 0. The predicted octanol–water partition coefficient (Wildman–Crippen LogP) is 10.5. The van der Waals surface area contributed by atoms with Crippen LogP contribution in [0.4, 0.5) is 0 Å². The SMILES string of the molecule is CC1(C)c2ccccc2-c2ccc(-n3c4ccccc4c4cc5c(cc43)C(C)(C)c3ccc4ccccc4c3-5)cc21. The second kappa shape index (κ2) is 7.56. The molecule has 0 unspecified atom stereocenters. The van der Waals surface area contributed by atoms with E-state index in [1.54, 1.807) is 0 Å². The van der Waals surface area contributed by atoms with Crippen molar-refractivity contribution in [3.05, 3.63) is 138 Å². The van der Waals surface area contributed by atoms with Crippen molar-refractivity contribution in [2.24, 2.45) is 0 Å². The molecule has 1 nitrogen and oxygen atoms in total. The maximum absolute atomic E-state index is 2.50. The lowest BCUT2D eigenvalue weighted by molar-refractivity contribution is 0.659. The van der Waals surface area contributed by atoms with E-state index in [-0.39, 0.29) is 10.8 Å². The van der Waals surface area contributed by atoms with Gasteiger partial charge in [0, 0.05) is 27.3 Å². The van der Waals surface area contributed by atoms with Gasteiger partial charge in [0.05, 0.1) is 11.0 Å². The first-order valence-electron chi connectivity index (χ1n) is 14.7. The molecular formula is C40H31N. The molecule has 0 radical (unpaired) electrons. The average Bonchev–Trinajstić information content (AvgIpc) is 3.53. The summed E-state index contributed by atoms with van der Waals surface area (Å²) in [7, 11) is 0. The van der Waals surface area contributed by atoms with E-state index < -0.39 is 0 Å². The quantitative estimate of drug-likeness (QED) is 0.201. The molecule has 2 aliphatic rings. The van der Waals surface area contributed by atoms with Crippen molar-refractivity contribution in [3.63, 3.8) is 0 Å². The molecular weight excluding hydrogens is 494 g/mol. The summed E-state index contributed by atoms with van der Waals surface area (Å²) >= 11 is 0. The minimum atomic E-state index is -0.0776. The van der Waals surface area contributed by atoms with Gasteiger partial charge >= 0.3 is 0 Å². The highest BCUT2D eigenvalue weighted by molar-refractivity contribution is 6.13. The molecule has 7 aromatic rings. The molecule has 0 N–H and O–H groups in total. The van der Waals surface area contributed by atoms with Crippen LogP contribution in [0, 0.1) is 0 Å². The van der Waals surface area contributed by atoms with E-state index >= 15 is 0 Å². The zero-order valence-corrected chi connectivity index (χ0v) is 23.9. The molecule has 0 aliphatic heterocycles. The molecule has 196 valence electrons. The van der Waals surface area contributed by atoms with Gasteiger partial charge in [-0.1, -0.05) is 113 Å². The van der Waals surface area contributed by atoms with Gasteiger partial charge in [0.15, 0.2) is 0 Å². The smallest absolute Gasteiger partial charge is 0.0544 e. The summed E-state index contributed by atoms with van der Waals surface area (Å²) in [6, 6.07) is 43.4. The van der Waals surface area contributed by atoms with Crippen LogP contribution in [0.3, 0.4) is 0 Å². The van der Waals surface area contributed by atoms with Gasteiger partial charge in [0.25, 0.3) is 0 Å². The molecule has 2 aliphatic carbocycles. The van der Waals surface area contributed by atoms with Gasteiger partial charge in [0.1, 0.15) is 0 Å². The number of fused-ring (bicyclic) bond motifs is 11. The number of benzene rings is 6. The third-order valence-electron chi connectivity index (χ3n) is 10.2. The summed E-state index contributed by atoms with van der Waals surface area (Å²) in [5.74, 6) is 0. The van der Waals surface area contributed by atoms with Gasteiger partial charge in [-0.3, -0.25) is 0 Å². The third-order valence-corrected chi connectivity index (χ3v) is 10.2. The molecule has 0 atom stereocenters. The molecule has 0 bridgehead atoms. The van der Waals surface area contributed by atoms with E-state index in [4.69, 9.17) is 0 Å². The molecule has 0 saturated carbocycles. The van der Waals surface area contributed by atoms with Gasteiger partial charge in [-0.15, -0.1) is 0 Å². The number of aromatic nitrogens is 1. The third kappa shape index (κ3) is 2.81. The van der Waals surface area contributed by atoms with Crippen molar-refractivity contribution in [1.82, 2.24) is 4.57 Å². The van der Waals surface area contributed by atoms with Gasteiger partial charge in [-0.05, 0) is 85.6 Å². The van der Waals surface area contributed by atoms with E-state index in [1.807, 2.05) is 0 Å². The lowest BCUT2D eigenvalue weighted by atomic mass is 9.82. The van der Waals surface area contributed by atoms with Crippen LogP contribution in [0.5, 0.6) is 0 Å². The standard InChI is InChI=1S/C40H31N/c1-39(2)32-15-9-7-13-27(32)28-19-18-25(21-34(28)39)41-36-16-10-8-14-29(36)30-22-31-35(23-37(30)41)40(3,4)33-20-17-24-11-5-6-12-26(24)38(31)33/h5-23H,1-4H3. The second-order valence-electron chi connectivity index (χ2n) is 13.0. The van der Waals surface area contributed by atoms with Crippen molar-refractivity contribution in [1.29, 1.82) is 0 Å². The van der Waals surface area contributed by atoms with Gasteiger partial charge in [0.2, 0.25) is 0 Å². The molecule has 0 amide bonds. The Morgan fingerprint density at radius 3 is 2.00 bits per heavy atom. The van der Waals surface area contributed by atoms with Crippen LogP contribution in [-0.4, -0.2) is 4.57 Å². The molecule has 6 aromatic carbocycles. The van der Waals surface area contributed by atoms with Crippen LogP contribution in [0.1, 0.15) is 49.9 Å². The molecule has 1 aromatic heterocycles. The maximum Gasteiger partial charge on any atom is 0.0544 e. The normalized spacial score (nSPS) is 15.7. The van der Waals surface area contributed by atoms with Crippen molar-refractivity contribution in [2.75, 3.05) is 0 Å². The summed E-state index contributed by atoms with van der Waals surface area (Å²) in [6.45, 7) is 9.51. The fourth-order valence-electron chi connectivity index (χ4n) is 8.08. The first kappa shape index (κ1) is 23.1. The van der Waals surface area contributed by atoms with Crippen LogP contribution < -0.4 is 0 Å². The summed E-state index contributed by atoms with van der Waals surface area (Å²) in [6.07, 6.45) is 0. The number of hydrogen-bond acceptors (Lipinski definition) is 0. The Kier molecular flexibility index (Phi) is 4.26. The van der Waals surface area contributed by atoms with Gasteiger partial charge in [-0.25, -0.2) is 0 Å². The van der Waals surface area contributed by atoms with Crippen LogP contribution in [0.25, 0.3) is 60.5 Å². The van der Waals surface area contributed by atoms with E-state index in [2.05, 4.69) is 148 Å². The summed E-state index contributed by atoms with van der Waals surface area (Å²) < 4.78 is 2.50. The largest absolute Gasteiger partial charge is 0.309 e. The molecule has 1 heterocycles. The topological polar surface area (TPSA) is 4.93 Å². The van der Waals surface area contributed by atoms with Crippen LogP contribution in [0.2, 0.25) is 0 Å². The van der Waals surface area contributed by atoms with Crippen molar-refractivity contribution >= 4 is 32.6 Å². The van der Waals surface area contributed by atoms with Crippen molar-refractivity contribution < 1.29 is 0 Å². The average molecular weight is 526 g/mol. The number of rotatable bonds is 1. The van der Waals surface area contributed by atoms with E-state index in [1.165, 1.54) is 82.8 Å². The molecule has 41 heavy (non-hydrogen) atoms. The lowest BCUT2D eigenvalue weighted by Gasteiger charge is -2.23. The van der Waals surface area contributed by atoms with Crippen LogP contribution in [-0.2, 0) is 10.8 Å². The lowest BCUT2D eigenvalue weighted by Crippen LogP contribution is -2.15. The Labute approximate surface area is 240 Å². The zero-order chi connectivity index (χ0) is 27.7. The molecule has 0 fully saturated rings. The highest BCUT2D eigenvalue weighted by atomic mass is 15.0. The van der Waals surface area contributed by atoms with Gasteiger partial charge < -0.3 is 4.57 Å².